The van der Waals surface area contributed by atoms with Crippen molar-refractivity contribution in [1.29, 1.82) is 0 Å². The zero-order valence-electron chi connectivity index (χ0n) is 11.2. The Hall–Kier alpha value is -1.85. The molecule has 0 saturated carbocycles. The van der Waals surface area contributed by atoms with Crippen molar-refractivity contribution in [3.63, 3.8) is 0 Å². The summed E-state index contributed by atoms with van der Waals surface area (Å²) in [6.45, 7) is 0. The molecule has 6 heteroatoms. The van der Waals surface area contributed by atoms with E-state index in [0.717, 1.165) is 17.4 Å². The van der Waals surface area contributed by atoms with Crippen molar-refractivity contribution in [3.05, 3.63) is 59.1 Å². The van der Waals surface area contributed by atoms with E-state index in [1.165, 1.54) is 6.07 Å². The van der Waals surface area contributed by atoms with Gasteiger partial charge in [0.25, 0.3) is 0 Å². The van der Waals surface area contributed by atoms with E-state index in [4.69, 9.17) is 16.7 Å². The van der Waals surface area contributed by atoms with E-state index in [9.17, 15) is 13.2 Å². The molecule has 21 heavy (non-hydrogen) atoms. The molecule has 0 bridgehead atoms. The molecular formula is C15H13ClO4S. The lowest BCUT2D eigenvalue weighted by Gasteiger charge is -2.13. The van der Waals surface area contributed by atoms with Gasteiger partial charge in [-0.3, -0.25) is 4.79 Å². The Balaban J connectivity index is 2.52. The number of halogens is 1. The summed E-state index contributed by atoms with van der Waals surface area (Å²) in [5.74, 6) is -1.44. The third-order valence-electron chi connectivity index (χ3n) is 3.04. The molecule has 1 unspecified atom stereocenters. The molecule has 2 rings (SSSR count). The van der Waals surface area contributed by atoms with Crippen LogP contribution in [0.1, 0.15) is 10.8 Å². The Morgan fingerprint density at radius 2 is 1.71 bits per heavy atom. The highest BCUT2D eigenvalue weighted by Gasteiger charge is 2.32. The van der Waals surface area contributed by atoms with E-state index in [-0.39, 0.29) is 10.6 Å². The van der Waals surface area contributed by atoms with Gasteiger partial charge in [0, 0.05) is 16.8 Å². The highest BCUT2D eigenvalue weighted by Crippen LogP contribution is 2.32. The van der Waals surface area contributed by atoms with E-state index >= 15 is 0 Å². The quantitative estimate of drug-likeness (QED) is 0.937. The zero-order valence-corrected chi connectivity index (χ0v) is 12.7. The number of hydrogen-bond donors (Lipinski definition) is 1. The van der Waals surface area contributed by atoms with Crippen LogP contribution in [-0.2, 0) is 14.6 Å². The van der Waals surface area contributed by atoms with E-state index in [0.29, 0.717) is 0 Å². The maximum absolute atomic E-state index is 11.6. The Morgan fingerprint density at radius 3 is 2.19 bits per heavy atom. The van der Waals surface area contributed by atoms with Gasteiger partial charge in [0.05, 0.1) is 0 Å². The SMILES string of the molecule is CS(=O)(=O)C(C(=O)O)c1ccc(-c2ccccc2)cc1Cl. The van der Waals surface area contributed by atoms with Crippen molar-refractivity contribution < 1.29 is 18.3 Å². The molecule has 2 aromatic rings. The van der Waals surface area contributed by atoms with Crippen molar-refractivity contribution >= 4 is 27.4 Å². The molecule has 0 aromatic heterocycles. The summed E-state index contributed by atoms with van der Waals surface area (Å²) in [6, 6.07) is 14.1. The van der Waals surface area contributed by atoms with E-state index in [1.54, 1.807) is 12.1 Å². The summed E-state index contributed by atoms with van der Waals surface area (Å²) in [5, 5.41) is 7.60. The second kappa shape index (κ2) is 5.87. The van der Waals surface area contributed by atoms with Crippen molar-refractivity contribution in [2.75, 3.05) is 6.26 Å². The second-order valence-corrected chi connectivity index (χ2v) is 7.19. The van der Waals surface area contributed by atoms with Gasteiger partial charge in [-0.15, -0.1) is 0 Å². The van der Waals surface area contributed by atoms with Gasteiger partial charge in [-0.1, -0.05) is 54.1 Å². The molecule has 0 aliphatic carbocycles. The van der Waals surface area contributed by atoms with Crippen LogP contribution in [0.5, 0.6) is 0 Å². The average Bonchev–Trinajstić information content (AvgIpc) is 2.40. The first kappa shape index (κ1) is 15.5. The number of benzene rings is 2. The monoisotopic (exact) mass is 324 g/mol. The molecule has 0 spiro atoms. The van der Waals surface area contributed by atoms with Crippen LogP contribution in [0.2, 0.25) is 5.02 Å². The van der Waals surface area contributed by atoms with E-state index in [1.807, 2.05) is 30.3 Å². The molecule has 1 atom stereocenters. The maximum atomic E-state index is 11.6. The first-order valence-electron chi connectivity index (χ1n) is 6.07. The van der Waals surface area contributed by atoms with Crippen LogP contribution in [0, 0.1) is 0 Å². The molecule has 0 aliphatic rings. The lowest BCUT2D eigenvalue weighted by molar-refractivity contribution is -0.136. The molecule has 4 nitrogen and oxygen atoms in total. The van der Waals surface area contributed by atoms with Gasteiger partial charge in [-0.05, 0) is 17.2 Å². The van der Waals surface area contributed by atoms with Crippen LogP contribution in [0.3, 0.4) is 0 Å². The van der Waals surface area contributed by atoms with Crippen molar-refractivity contribution in [2.45, 2.75) is 5.25 Å². The fourth-order valence-corrected chi connectivity index (χ4v) is 3.48. The minimum Gasteiger partial charge on any atom is -0.480 e. The van der Waals surface area contributed by atoms with Crippen molar-refractivity contribution in [2.24, 2.45) is 0 Å². The largest absolute Gasteiger partial charge is 0.480 e. The lowest BCUT2D eigenvalue weighted by atomic mass is 10.0. The van der Waals surface area contributed by atoms with Gasteiger partial charge in [0.1, 0.15) is 0 Å². The van der Waals surface area contributed by atoms with Gasteiger partial charge in [-0.25, -0.2) is 8.42 Å². The third-order valence-corrected chi connectivity index (χ3v) is 4.68. The van der Waals surface area contributed by atoms with Crippen LogP contribution >= 0.6 is 11.6 Å². The van der Waals surface area contributed by atoms with E-state index < -0.39 is 21.1 Å². The van der Waals surface area contributed by atoms with Gasteiger partial charge in [0.2, 0.25) is 0 Å². The molecule has 110 valence electrons. The third kappa shape index (κ3) is 3.43. The van der Waals surface area contributed by atoms with Crippen LogP contribution in [0.15, 0.2) is 48.5 Å². The number of aliphatic carboxylic acids is 1. The number of carboxylic acids is 1. The average molecular weight is 325 g/mol. The van der Waals surface area contributed by atoms with Gasteiger partial charge in [-0.2, -0.15) is 0 Å². The minimum atomic E-state index is -3.80. The first-order chi connectivity index (χ1) is 9.80. The first-order valence-corrected chi connectivity index (χ1v) is 8.40. The fraction of sp³-hybridized carbons (Fsp3) is 0.133. The summed E-state index contributed by atoms with van der Waals surface area (Å²) in [5.41, 5.74) is 1.78. The summed E-state index contributed by atoms with van der Waals surface area (Å²) >= 11 is 6.10. The standard InChI is InChI=1S/C15H13ClO4S/c1-21(19,20)14(15(17)18)12-8-7-11(9-13(12)16)10-5-3-2-4-6-10/h2-9,14H,1H3,(H,17,18). The highest BCUT2D eigenvalue weighted by atomic mass is 35.5. The molecule has 0 fully saturated rings. The molecule has 0 aliphatic heterocycles. The summed E-state index contributed by atoms with van der Waals surface area (Å²) in [4.78, 5) is 11.2. The summed E-state index contributed by atoms with van der Waals surface area (Å²) in [7, 11) is -3.80. The Kier molecular flexibility index (Phi) is 4.34. The van der Waals surface area contributed by atoms with Crippen molar-refractivity contribution in [3.8, 4) is 11.1 Å². The number of hydrogen-bond acceptors (Lipinski definition) is 3. The molecule has 0 heterocycles. The number of carbonyl (C=O) groups is 1. The molecule has 2 aromatic carbocycles. The molecule has 0 amide bonds. The molecule has 1 N–H and O–H groups in total. The number of rotatable bonds is 4. The second-order valence-electron chi connectivity index (χ2n) is 4.65. The normalized spacial score (nSPS) is 12.9. The van der Waals surface area contributed by atoms with Crippen molar-refractivity contribution in [1.82, 2.24) is 0 Å². The highest BCUT2D eigenvalue weighted by molar-refractivity contribution is 7.91. The predicted molar refractivity (Wildman–Crippen MR) is 82.1 cm³/mol. The summed E-state index contributed by atoms with van der Waals surface area (Å²) in [6.07, 6.45) is 0.882. The Labute approximate surface area is 127 Å². The topological polar surface area (TPSA) is 71.4 Å². The number of sulfone groups is 1. The summed E-state index contributed by atoms with van der Waals surface area (Å²) < 4.78 is 23.3. The molecule has 0 saturated heterocycles. The number of carboxylic acid groups (broad SMARTS) is 1. The van der Waals surface area contributed by atoms with Crippen LogP contribution < -0.4 is 0 Å². The lowest BCUT2D eigenvalue weighted by Crippen LogP contribution is -2.21. The van der Waals surface area contributed by atoms with Gasteiger partial charge < -0.3 is 5.11 Å². The minimum absolute atomic E-state index is 0.0753. The zero-order chi connectivity index (χ0) is 15.6. The van der Waals surface area contributed by atoms with Gasteiger partial charge >= 0.3 is 5.97 Å². The van der Waals surface area contributed by atoms with Crippen LogP contribution in [0.4, 0.5) is 0 Å². The van der Waals surface area contributed by atoms with Gasteiger partial charge in [0.15, 0.2) is 15.1 Å². The Bertz CT molecular complexity index is 770. The van der Waals surface area contributed by atoms with Crippen LogP contribution in [0.25, 0.3) is 11.1 Å². The Morgan fingerprint density at radius 1 is 1.10 bits per heavy atom. The molecule has 0 radical (unpaired) electrons. The van der Waals surface area contributed by atoms with E-state index in [2.05, 4.69) is 0 Å². The smallest absolute Gasteiger partial charge is 0.326 e. The van der Waals surface area contributed by atoms with Crippen LogP contribution in [-0.4, -0.2) is 25.7 Å². The molecular weight excluding hydrogens is 312 g/mol. The fourth-order valence-electron chi connectivity index (χ4n) is 2.10. The predicted octanol–water partition coefficient (Wildman–Crippen LogP) is 3.18. The maximum Gasteiger partial charge on any atom is 0.326 e.